The van der Waals surface area contributed by atoms with Crippen molar-refractivity contribution in [3.05, 3.63) is 22.7 Å². The first kappa shape index (κ1) is 18.8. The summed E-state index contributed by atoms with van der Waals surface area (Å²) in [4.78, 5) is 12.4. The number of hydrogen-bond acceptors (Lipinski definition) is 5. The summed E-state index contributed by atoms with van der Waals surface area (Å²) >= 11 is 6.17. The first-order valence-corrected chi connectivity index (χ1v) is 8.60. The lowest BCUT2D eigenvalue weighted by atomic mass is 9.81. The second-order valence-electron chi connectivity index (χ2n) is 5.94. The first-order valence-electron chi connectivity index (χ1n) is 8.23. The molecule has 1 aliphatic rings. The van der Waals surface area contributed by atoms with Gasteiger partial charge < -0.3 is 25.6 Å². The van der Waals surface area contributed by atoms with Crippen LogP contribution in [-0.4, -0.2) is 37.3 Å². The van der Waals surface area contributed by atoms with Crippen LogP contribution in [0.1, 0.15) is 38.4 Å². The van der Waals surface area contributed by atoms with Crippen LogP contribution in [0.3, 0.4) is 0 Å². The number of aliphatic hydroxyl groups is 1. The van der Waals surface area contributed by atoms with Gasteiger partial charge in [0, 0.05) is 13.1 Å². The molecule has 6 nitrogen and oxygen atoms in total. The number of aliphatic hydroxyl groups excluding tert-OH is 1. The van der Waals surface area contributed by atoms with Crippen LogP contribution in [0.2, 0.25) is 5.02 Å². The van der Waals surface area contributed by atoms with Crippen LogP contribution in [0.15, 0.2) is 12.1 Å². The zero-order chi connectivity index (χ0) is 17.7. The second kappa shape index (κ2) is 8.05. The van der Waals surface area contributed by atoms with Crippen molar-refractivity contribution in [3.8, 4) is 11.5 Å². The van der Waals surface area contributed by atoms with Gasteiger partial charge in [-0.2, -0.15) is 0 Å². The highest BCUT2D eigenvalue weighted by Crippen LogP contribution is 2.39. The molecule has 1 aliphatic heterocycles. The van der Waals surface area contributed by atoms with Gasteiger partial charge in [-0.3, -0.25) is 4.79 Å². The van der Waals surface area contributed by atoms with E-state index in [1.54, 1.807) is 12.1 Å². The Hall–Kier alpha value is -1.50. The number of rotatable bonds is 7. The zero-order valence-electron chi connectivity index (χ0n) is 14.1. The Morgan fingerprint density at radius 3 is 2.67 bits per heavy atom. The number of halogens is 1. The Kier molecular flexibility index (Phi) is 6.32. The summed E-state index contributed by atoms with van der Waals surface area (Å²) < 4.78 is 11.0. The summed E-state index contributed by atoms with van der Waals surface area (Å²) in [5, 5.41) is 13.5. The van der Waals surface area contributed by atoms with E-state index >= 15 is 0 Å². The molecule has 0 aromatic heterocycles. The molecule has 1 heterocycles. The molecule has 1 unspecified atom stereocenters. The number of carbonyl (C=O) groups excluding carboxylic acids is 1. The van der Waals surface area contributed by atoms with E-state index in [1.165, 1.54) is 0 Å². The fourth-order valence-corrected chi connectivity index (χ4v) is 3.04. The van der Waals surface area contributed by atoms with Crippen LogP contribution < -0.4 is 20.5 Å². The summed E-state index contributed by atoms with van der Waals surface area (Å²) in [5.74, 6) is 0.854. The van der Waals surface area contributed by atoms with Crippen molar-refractivity contribution in [2.45, 2.75) is 32.8 Å². The van der Waals surface area contributed by atoms with Gasteiger partial charge >= 0.3 is 0 Å². The van der Waals surface area contributed by atoms with Crippen molar-refractivity contribution >= 4 is 17.5 Å². The molecule has 4 N–H and O–H groups in total. The fourth-order valence-electron chi connectivity index (χ4n) is 2.77. The van der Waals surface area contributed by atoms with Crippen molar-refractivity contribution in [1.29, 1.82) is 0 Å². The molecule has 24 heavy (non-hydrogen) atoms. The van der Waals surface area contributed by atoms with Gasteiger partial charge in [0.25, 0.3) is 0 Å². The van der Waals surface area contributed by atoms with E-state index in [2.05, 4.69) is 5.32 Å². The van der Waals surface area contributed by atoms with Crippen molar-refractivity contribution in [1.82, 2.24) is 5.32 Å². The van der Waals surface area contributed by atoms with Crippen molar-refractivity contribution < 1.29 is 19.4 Å². The molecule has 134 valence electrons. The lowest BCUT2D eigenvalue weighted by molar-refractivity contribution is -0.131. The number of ether oxygens (including phenoxy) is 2. The van der Waals surface area contributed by atoms with Crippen molar-refractivity contribution in [2.24, 2.45) is 11.1 Å². The van der Waals surface area contributed by atoms with Gasteiger partial charge in [0.2, 0.25) is 5.91 Å². The number of nitrogens with two attached hydrogens (primary N) is 1. The minimum Gasteiger partial charge on any atom is -0.486 e. The number of hydrogen-bond donors (Lipinski definition) is 3. The normalized spacial score (nSPS) is 15.0. The zero-order valence-corrected chi connectivity index (χ0v) is 14.9. The number of amides is 1. The molecule has 0 radical (unpaired) electrons. The highest BCUT2D eigenvalue weighted by molar-refractivity contribution is 6.32. The molecule has 1 aromatic rings. The molecular formula is C17H25ClN2O4. The van der Waals surface area contributed by atoms with E-state index in [4.69, 9.17) is 26.8 Å². The Labute approximate surface area is 147 Å². The van der Waals surface area contributed by atoms with Gasteiger partial charge in [0.15, 0.2) is 11.5 Å². The largest absolute Gasteiger partial charge is 0.486 e. The van der Waals surface area contributed by atoms with E-state index < -0.39 is 11.5 Å². The van der Waals surface area contributed by atoms with E-state index in [9.17, 15) is 9.90 Å². The van der Waals surface area contributed by atoms with E-state index in [1.807, 2.05) is 13.8 Å². The topological polar surface area (TPSA) is 93.8 Å². The maximum atomic E-state index is 12.4. The molecule has 7 heteroatoms. The maximum Gasteiger partial charge on any atom is 0.227 e. The Balaban J connectivity index is 2.06. The van der Waals surface area contributed by atoms with Gasteiger partial charge in [-0.1, -0.05) is 25.4 Å². The molecule has 0 spiro atoms. The molecule has 1 amide bonds. The highest BCUT2D eigenvalue weighted by Gasteiger charge is 2.33. The molecule has 2 rings (SSSR count). The van der Waals surface area contributed by atoms with Gasteiger partial charge in [-0.15, -0.1) is 0 Å². The van der Waals surface area contributed by atoms with Crippen LogP contribution in [0, 0.1) is 5.41 Å². The van der Waals surface area contributed by atoms with Gasteiger partial charge in [0.1, 0.15) is 13.2 Å². The van der Waals surface area contributed by atoms with Crippen LogP contribution in [0.25, 0.3) is 0 Å². The Morgan fingerprint density at radius 1 is 1.38 bits per heavy atom. The molecule has 0 bridgehead atoms. The summed E-state index contributed by atoms with van der Waals surface area (Å²) in [5.41, 5.74) is 5.74. The molecule has 1 atom stereocenters. The van der Waals surface area contributed by atoms with E-state index in [0.717, 1.165) is 0 Å². The standard InChI is InChI=1S/C17H25ClN2O4/c1-3-17(4-2,10-19)16(22)20-9-13(21)11-7-12(18)15-14(8-11)23-5-6-24-15/h7-8,13,21H,3-6,9-10,19H2,1-2H3,(H,20,22). The minimum atomic E-state index is -0.897. The summed E-state index contributed by atoms with van der Waals surface area (Å²) in [6.45, 7) is 5.11. The average Bonchev–Trinajstić information content (AvgIpc) is 2.61. The first-order chi connectivity index (χ1) is 11.5. The molecule has 0 saturated carbocycles. The fraction of sp³-hybridized carbons (Fsp3) is 0.588. The average molecular weight is 357 g/mol. The summed E-state index contributed by atoms with van der Waals surface area (Å²) in [6, 6.07) is 3.31. The Morgan fingerprint density at radius 2 is 2.04 bits per heavy atom. The lowest BCUT2D eigenvalue weighted by Crippen LogP contribution is -2.46. The van der Waals surface area contributed by atoms with Crippen LogP contribution in [0.5, 0.6) is 11.5 Å². The predicted octanol–water partition coefficient (Wildman–Crippen LogP) is 2.03. The summed E-state index contributed by atoms with van der Waals surface area (Å²) in [6.07, 6.45) is 0.404. The number of carbonyl (C=O) groups is 1. The minimum absolute atomic E-state index is 0.0799. The molecular weight excluding hydrogens is 332 g/mol. The van der Waals surface area contributed by atoms with E-state index in [0.29, 0.717) is 48.1 Å². The number of benzene rings is 1. The monoisotopic (exact) mass is 356 g/mol. The van der Waals surface area contributed by atoms with Crippen molar-refractivity contribution in [2.75, 3.05) is 26.3 Å². The van der Waals surface area contributed by atoms with Crippen LogP contribution in [-0.2, 0) is 4.79 Å². The van der Waals surface area contributed by atoms with Crippen LogP contribution in [0.4, 0.5) is 0 Å². The lowest BCUT2D eigenvalue weighted by Gasteiger charge is -2.29. The molecule has 0 fully saturated rings. The molecule has 1 aromatic carbocycles. The van der Waals surface area contributed by atoms with Gasteiger partial charge in [-0.25, -0.2) is 0 Å². The smallest absolute Gasteiger partial charge is 0.227 e. The Bertz CT molecular complexity index is 582. The van der Waals surface area contributed by atoms with E-state index in [-0.39, 0.29) is 19.0 Å². The third-order valence-corrected chi connectivity index (χ3v) is 4.97. The quantitative estimate of drug-likeness (QED) is 0.695. The molecule has 0 aliphatic carbocycles. The van der Waals surface area contributed by atoms with Crippen molar-refractivity contribution in [3.63, 3.8) is 0 Å². The number of nitrogens with one attached hydrogen (secondary N) is 1. The third kappa shape index (κ3) is 3.77. The summed E-state index contributed by atoms with van der Waals surface area (Å²) in [7, 11) is 0. The highest BCUT2D eigenvalue weighted by atomic mass is 35.5. The second-order valence-corrected chi connectivity index (χ2v) is 6.35. The molecule has 0 saturated heterocycles. The number of fused-ring (bicyclic) bond motifs is 1. The third-order valence-electron chi connectivity index (χ3n) is 4.69. The predicted molar refractivity (Wildman–Crippen MR) is 92.5 cm³/mol. The van der Waals surface area contributed by atoms with Gasteiger partial charge in [-0.05, 0) is 30.5 Å². The SMILES string of the molecule is CCC(CC)(CN)C(=O)NCC(O)c1cc(Cl)c2c(c1)OCCO2. The van der Waals surface area contributed by atoms with Gasteiger partial charge in [0.05, 0.1) is 16.5 Å². The maximum absolute atomic E-state index is 12.4. The van der Waals surface area contributed by atoms with Crippen LogP contribution >= 0.6 is 11.6 Å².